The molecule has 120 valence electrons. The molecule has 0 heterocycles. The van der Waals surface area contributed by atoms with Gasteiger partial charge in [-0.25, -0.2) is 0 Å². The first-order valence-corrected chi connectivity index (χ1v) is 8.09. The maximum atomic E-state index is 11.0. The maximum Gasteiger partial charge on any atom is 0.270 e. The summed E-state index contributed by atoms with van der Waals surface area (Å²) >= 11 is 6.30. The first-order chi connectivity index (χ1) is 11.0. The highest BCUT2D eigenvalue weighted by molar-refractivity contribution is 6.31. The Balaban J connectivity index is 2.02. The Morgan fingerprint density at radius 3 is 2.30 bits per heavy atom. The smallest absolute Gasteiger partial charge is 0.270 e. The summed E-state index contributed by atoms with van der Waals surface area (Å²) in [5.41, 5.74) is 3.95. The van der Waals surface area contributed by atoms with E-state index in [2.05, 4.69) is 0 Å². The van der Waals surface area contributed by atoms with Crippen LogP contribution < -0.4 is 4.74 Å². The number of hydrogen-bond donors (Lipinski definition) is 0. The van der Waals surface area contributed by atoms with E-state index in [4.69, 9.17) is 16.3 Å². The number of halogens is 1. The summed E-state index contributed by atoms with van der Waals surface area (Å²) in [5, 5.41) is 11.7. The number of fused-ring (bicyclic) bond motifs is 1. The molecule has 0 saturated heterocycles. The molecule has 23 heavy (non-hydrogen) atoms. The summed E-state index contributed by atoms with van der Waals surface area (Å²) in [6, 6.07) is 6.86. The van der Waals surface area contributed by atoms with Crippen molar-refractivity contribution in [2.45, 2.75) is 39.5 Å². The first kappa shape index (κ1) is 15.8. The minimum absolute atomic E-state index is 0.0884. The Morgan fingerprint density at radius 1 is 1.09 bits per heavy atom. The molecule has 3 rings (SSSR count). The Morgan fingerprint density at radius 2 is 1.70 bits per heavy atom. The number of nitrogens with zero attached hydrogens (tertiary/aromatic N) is 1. The Kier molecular flexibility index (Phi) is 4.26. The van der Waals surface area contributed by atoms with Gasteiger partial charge in [-0.2, -0.15) is 0 Å². The lowest BCUT2D eigenvalue weighted by molar-refractivity contribution is -0.385. The lowest BCUT2D eigenvalue weighted by atomic mass is 9.91. The first-order valence-electron chi connectivity index (χ1n) is 7.71. The van der Waals surface area contributed by atoms with Gasteiger partial charge in [-0.15, -0.1) is 0 Å². The molecular weight excluding hydrogens is 314 g/mol. The van der Waals surface area contributed by atoms with Crippen molar-refractivity contribution in [1.82, 2.24) is 0 Å². The molecule has 2 aromatic carbocycles. The molecule has 0 unspecified atom stereocenters. The Labute approximate surface area is 140 Å². The lowest BCUT2D eigenvalue weighted by Gasteiger charge is -2.21. The fraction of sp³-hybridized carbons (Fsp3) is 0.333. The Bertz CT molecular complexity index is 763. The molecule has 0 aliphatic heterocycles. The molecule has 2 aromatic rings. The largest absolute Gasteiger partial charge is 0.457 e. The molecule has 0 spiro atoms. The second kappa shape index (κ2) is 6.20. The normalized spacial score (nSPS) is 13.5. The number of nitro benzene ring substituents is 1. The molecule has 5 heteroatoms. The summed E-state index contributed by atoms with van der Waals surface area (Å²) in [6.07, 6.45) is 4.20. The van der Waals surface area contributed by atoms with Crippen LogP contribution in [-0.4, -0.2) is 4.92 Å². The van der Waals surface area contributed by atoms with Gasteiger partial charge in [0.15, 0.2) is 0 Å². The molecule has 1 aliphatic carbocycles. The summed E-state index contributed by atoms with van der Waals surface area (Å²) < 4.78 is 6.15. The van der Waals surface area contributed by atoms with Crippen LogP contribution in [0, 0.1) is 24.0 Å². The molecule has 4 nitrogen and oxygen atoms in total. The standard InChI is InChI=1S/C18H18ClNO3/c1-11-9-13(20(21)22)10-12(2)18(11)23-17-8-7-16(19)14-5-3-4-6-15(14)17/h7-10H,3-6H2,1-2H3. The topological polar surface area (TPSA) is 52.4 Å². The van der Waals surface area contributed by atoms with Gasteiger partial charge in [-0.3, -0.25) is 10.1 Å². The van der Waals surface area contributed by atoms with E-state index in [1.165, 1.54) is 11.1 Å². The third kappa shape index (κ3) is 3.04. The molecule has 0 N–H and O–H groups in total. The van der Waals surface area contributed by atoms with Gasteiger partial charge in [0.1, 0.15) is 11.5 Å². The van der Waals surface area contributed by atoms with Crippen molar-refractivity contribution in [2.24, 2.45) is 0 Å². The fourth-order valence-corrected chi connectivity index (χ4v) is 3.46. The summed E-state index contributed by atoms with van der Waals surface area (Å²) in [6.45, 7) is 3.66. The third-order valence-corrected chi connectivity index (χ3v) is 4.66. The molecule has 1 aliphatic rings. The predicted octanol–water partition coefficient (Wildman–Crippen LogP) is 5.54. The minimum atomic E-state index is -0.381. The molecule has 0 fully saturated rings. The second-order valence-corrected chi connectivity index (χ2v) is 6.38. The van der Waals surface area contributed by atoms with E-state index in [0.717, 1.165) is 47.6 Å². The van der Waals surface area contributed by atoms with Gasteiger partial charge < -0.3 is 4.74 Å². The number of rotatable bonds is 3. The van der Waals surface area contributed by atoms with Gasteiger partial charge in [0.05, 0.1) is 4.92 Å². The summed E-state index contributed by atoms with van der Waals surface area (Å²) in [7, 11) is 0. The minimum Gasteiger partial charge on any atom is -0.457 e. The van der Waals surface area contributed by atoms with Gasteiger partial charge in [0, 0.05) is 17.2 Å². The number of hydrogen-bond acceptors (Lipinski definition) is 3. The van der Waals surface area contributed by atoms with Crippen molar-refractivity contribution in [1.29, 1.82) is 0 Å². The van der Waals surface area contributed by atoms with Crippen molar-refractivity contribution in [3.8, 4) is 11.5 Å². The molecule has 0 amide bonds. The number of benzene rings is 2. The predicted molar refractivity (Wildman–Crippen MR) is 90.7 cm³/mol. The molecular formula is C18H18ClNO3. The Hall–Kier alpha value is -2.07. The van der Waals surface area contributed by atoms with E-state index in [1.807, 2.05) is 26.0 Å². The highest BCUT2D eigenvalue weighted by atomic mass is 35.5. The van der Waals surface area contributed by atoms with E-state index in [1.54, 1.807) is 12.1 Å². The van der Waals surface area contributed by atoms with E-state index >= 15 is 0 Å². The summed E-state index contributed by atoms with van der Waals surface area (Å²) in [4.78, 5) is 10.6. The average molecular weight is 332 g/mol. The quantitative estimate of drug-likeness (QED) is 0.548. The van der Waals surface area contributed by atoms with Crippen LogP contribution >= 0.6 is 11.6 Å². The van der Waals surface area contributed by atoms with Crippen molar-refractivity contribution < 1.29 is 9.66 Å². The van der Waals surface area contributed by atoms with E-state index in [9.17, 15) is 10.1 Å². The van der Waals surface area contributed by atoms with Gasteiger partial charge in [0.25, 0.3) is 5.69 Å². The number of non-ortho nitro benzene ring substituents is 1. The zero-order valence-electron chi connectivity index (χ0n) is 13.2. The van der Waals surface area contributed by atoms with E-state index < -0.39 is 0 Å². The van der Waals surface area contributed by atoms with Crippen LogP contribution in [0.1, 0.15) is 35.1 Å². The van der Waals surface area contributed by atoms with Crippen LogP contribution in [0.25, 0.3) is 0 Å². The van der Waals surface area contributed by atoms with Crippen LogP contribution in [-0.2, 0) is 12.8 Å². The van der Waals surface area contributed by atoms with Gasteiger partial charge in [-0.1, -0.05) is 11.6 Å². The van der Waals surface area contributed by atoms with Crippen LogP contribution in [0.15, 0.2) is 24.3 Å². The highest BCUT2D eigenvalue weighted by Gasteiger charge is 2.19. The van der Waals surface area contributed by atoms with Gasteiger partial charge >= 0.3 is 0 Å². The number of ether oxygens (including phenoxy) is 1. The zero-order chi connectivity index (χ0) is 16.6. The molecule has 0 bridgehead atoms. The van der Waals surface area contributed by atoms with Crippen LogP contribution in [0.4, 0.5) is 5.69 Å². The van der Waals surface area contributed by atoms with Crippen LogP contribution in [0.3, 0.4) is 0 Å². The van der Waals surface area contributed by atoms with Crippen molar-refractivity contribution >= 4 is 17.3 Å². The molecule has 0 saturated carbocycles. The number of nitro groups is 1. The van der Waals surface area contributed by atoms with Crippen LogP contribution in [0.2, 0.25) is 5.02 Å². The molecule has 0 atom stereocenters. The van der Waals surface area contributed by atoms with Gasteiger partial charge in [-0.05, 0) is 73.9 Å². The summed E-state index contributed by atoms with van der Waals surface area (Å²) in [5.74, 6) is 1.50. The highest BCUT2D eigenvalue weighted by Crippen LogP contribution is 2.39. The van der Waals surface area contributed by atoms with E-state index in [0.29, 0.717) is 5.75 Å². The SMILES string of the molecule is Cc1cc([N+](=O)[O-])cc(C)c1Oc1ccc(Cl)c2c1CCCC2. The van der Waals surface area contributed by atoms with Crippen molar-refractivity contribution in [3.05, 3.63) is 61.7 Å². The average Bonchev–Trinajstić information content (AvgIpc) is 2.53. The van der Waals surface area contributed by atoms with Crippen molar-refractivity contribution in [2.75, 3.05) is 0 Å². The molecule has 0 radical (unpaired) electrons. The fourth-order valence-electron chi connectivity index (χ4n) is 3.19. The third-order valence-electron chi connectivity index (χ3n) is 4.30. The maximum absolute atomic E-state index is 11.0. The molecule has 0 aromatic heterocycles. The lowest BCUT2D eigenvalue weighted by Crippen LogP contribution is -2.06. The van der Waals surface area contributed by atoms with E-state index in [-0.39, 0.29) is 10.6 Å². The zero-order valence-corrected chi connectivity index (χ0v) is 13.9. The number of aryl methyl sites for hydroxylation is 2. The second-order valence-electron chi connectivity index (χ2n) is 5.98. The van der Waals surface area contributed by atoms with Crippen molar-refractivity contribution in [3.63, 3.8) is 0 Å². The van der Waals surface area contributed by atoms with Crippen LogP contribution in [0.5, 0.6) is 11.5 Å². The van der Waals surface area contributed by atoms with Gasteiger partial charge in [0.2, 0.25) is 0 Å². The monoisotopic (exact) mass is 331 g/mol.